The highest BCUT2D eigenvalue weighted by atomic mass is 79.9. The lowest BCUT2D eigenvalue weighted by Gasteiger charge is -2.33. The summed E-state index contributed by atoms with van der Waals surface area (Å²) >= 11 is 3.46. The fourth-order valence-corrected chi connectivity index (χ4v) is 3.16. The molecular weight excluding hydrogens is 360 g/mol. The maximum atomic E-state index is 6.64. The first-order chi connectivity index (χ1) is 11.0. The van der Waals surface area contributed by atoms with E-state index in [1.165, 1.54) is 7.11 Å². The first-order valence-electron chi connectivity index (χ1n) is 6.91. The van der Waals surface area contributed by atoms with Gasteiger partial charge in [-0.2, -0.15) is 0 Å². The molecule has 0 aromatic heterocycles. The monoisotopic (exact) mass is 376 g/mol. The summed E-state index contributed by atoms with van der Waals surface area (Å²) in [7, 11) is 3.10. The fraction of sp³-hybridized carbons (Fsp3) is 0.188. The number of hydrogen-bond acceptors (Lipinski definition) is 6. The molecule has 6 nitrogen and oxygen atoms in total. The number of benzene rings is 2. The molecule has 1 unspecified atom stereocenters. The zero-order valence-corrected chi connectivity index (χ0v) is 14.3. The molecule has 1 atom stereocenters. The van der Waals surface area contributed by atoms with Gasteiger partial charge >= 0.3 is 0 Å². The number of halogens is 1. The lowest BCUT2D eigenvalue weighted by molar-refractivity contribution is 0.355. The number of nitrogens with two attached hydrogens (primary N) is 2. The van der Waals surface area contributed by atoms with E-state index in [9.17, 15) is 0 Å². The smallest absolute Gasteiger partial charge is 0.184 e. The Balaban J connectivity index is 2.29. The summed E-state index contributed by atoms with van der Waals surface area (Å²) in [5.74, 6) is 0.970. The van der Waals surface area contributed by atoms with Crippen molar-refractivity contribution in [1.82, 2.24) is 0 Å². The fourth-order valence-electron chi connectivity index (χ4n) is 2.76. The van der Waals surface area contributed by atoms with Gasteiger partial charge in [0.1, 0.15) is 0 Å². The van der Waals surface area contributed by atoms with Crippen LogP contribution < -0.4 is 26.3 Å². The van der Waals surface area contributed by atoms with Gasteiger partial charge in [-0.1, -0.05) is 28.1 Å². The van der Waals surface area contributed by atoms with Crippen LogP contribution in [0, 0.1) is 0 Å². The van der Waals surface area contributed by atoms with Crippen LogP contribution in [0.1, 0.15) is 11.1 Å². The van der Waals surface area contributed by atoms with Gasteiger partial charge in [-0.15, -0.1) is 0 Å². The molecule has 0 radical (unpaired) electrons. The molecule has 0 fully saturated rings. The van der Waals surface area contributed by atoms with Gasteiger partial charge in [-0.25, -0.2) is 4.99 Å². The molecule has 5 N–H and O–H groups in total. The summed E-state index contributed by atoms with van der Waals surface area (Å²) in [5, 5.41) is 3.07. The van der Waals surface area contributed by atoms with Crippen LogP contribution in [-0.2, 0) is 5.66 Å². The van der Waals surface area contributed by atoms with Crippen molar-refractivity contribution in [2.24, 2.45) is 10.7 Å². The van der Waals surface area contributed by atoms with Gasteiger partial charge in [0.2, 0.25) is 0 Å². The summed E-state index contributed by atoms with van der Waals surface area (Å²) in [5.41, 5.74) is 14.4. The van der Waals surface area contributed by atoms with Crippen molar-refractivity contribution in [3.8, 4) is 11.5 Å². The Labute approximate surface area is 142 Å². The number of anilines is 2. The van der Waals surface area contributed by atoms with Crippen molar-refractivity contribution >= 4 is 33.6 Å². The molecule has 7 heteroatoms. The van der Waals surface area contributed by atoms with Crippen LogP contribution in [0.15, 0.2) is 39.8 Å². The van der Waals surface area contributed by atoms with Gasteiger partial charge in [0, 0.05) is 16.1 Å². The lowest BCUT2D eigenvalue weighted by Crippen LogP contribution is -2.40. The zero-order valence-electron chi connectivity index (χ0n) is 12.8. The van der Waals surface area contributed by atoms with Gasteiger partial charge in [-0.3, -0.25) is 5.73 Å². The molecule has 0 spiro atoms. The number of nitrogen functional groups attached to an aromatic ring is 1. The molecule has 23 heavy (non-hydrogen) atoms. The van der Waals surface area contributed by atoms with E-state index >= 15 is 0 Å². The molecule has 0 saturated carbocycles. The van der Waals surface area contributed by atoms with Gasteiger partial charge in [0.25, 0.3) is 0 Å². The highest BCUT2D eigenvalue weighted by molar-refractivity contribution is 9.10. The van der Waals surface area contributed by atoms with Crippen molar-refractivity contribution in [3.63, 3.8) is 0 Å². The Morgan fingerprint density at radius 3 is 2.65 bits per heavy atom. The largest absolute Gasteiger partial charge is 0.493 e. The van der Waals surface area contributed by atoms with Crippen LogP contribution in [0.5, 0.6) is 11.5 Å². The number of hydrogen-bond donors (Lipinski definition) is 3. The molecule has 1 heterocycles. The third-order valence-electron chi connectivity index (χ3n) is 3.84. The van der Waals surface area contributed by atoms with E-state index < -0.39 is 5.66 Å². The van der Waals surface area contributed by atoms with Crippen LogP contribution in [0.3, 0.4) is 0 Å². The number of fused-ring (bicyclic) bond motifs is 1. The van der Waals surface area contributed by atoms with E-state index in [2.05, 4.69) is 26.2 Å². The molecule has 3 rings (SSSR count). The number of ether oxygens (including phenoxy) is 2. The maximum absolute atomic E-state index is 6.64. The van der Waals surface area contributed by atoms with Crippen LogP contribution >= 0.6 is 15.9 Å². The molecule has 1 aliphatic rings. The van der Waals surface area contributed by atoms with Crippen molar-refractivity contribution in [3.05, 3.63) is 45.9 Å². The summed E-state index contributed by atoms with van der Waals surface area (Å²) < 4.78 is 11.6. The molecule has 2 aromatic carbocycles. The second-order valence-electron chi connectivity index (χ2n) is 5.13. The van der Waals surface area contributed by atoms with Crippen LogP contribution in [-0.4, -0.2) is 20.6 Å². The quantitative estimate of drug-likeness (QED) is 0.715. The highest BCUT2D eigenvalue weighted by Gasteiger charge is 2.37. The summed E-state index contributed by atoms with van der Waals surface area (Å²) in [4.78, 5) is 4.45. The molecule has 120 valence electrons. The Morgan fingerprint density at radius 2 is 2.00 bits per heavy atom. The topological polar surface area (TPSA) is 94.9 Å². The summed E-state index contributed by atoms with van der Waals surface area (Å²) in [6, 6.07) is 9.46. The van der Waals surface area contributed by atoms with Gasteiger partial charge in [0.15, 0.2) is 17.2 Å². The Morgan fingerprint density at radius 1 is 1.22 bits per heavy atom. The van der Waals surface area contributed by atoms with E-state index in [0.717, 1.165) is 15.7 Å². The Hall–Kier alpha value is -2.25. The van der Waals surface area contributed by atoms with Gasteiger partial charge in [0.05, 0.1) is 31.9 Å². The normalized spacial score (nSPS) is 19.0. The van der Waals surface area contributed by atoms with Crippen molar-refractivity contribution < 1.29 is 9.47 Å². The third kappa shape index (κ3) is 2.42. The van der Waals surface area contributed by atoms with E-state index in [1.54, 1.807) is 19.5 Å². The zero-order chi connectivity index (χ0) is 16.6. The summed E-state index contributed by atoms with van der Waals surface area (Å²) in [6.07, 6.45) is 1.56. The number of aliphatic imine (C=N–C) groups is 1. The minimum Gasteiger partial charge on any atom is -0.493 e. The van der Waals surface area contributed by atoms with Crippen LogP contribution in [0.2, 0.25) is 0 Å². The van der Waals surface area contributed by atoms with E-state index in [-0.39, 0.29) is 0 Å². The van der Waals surface area contributed by atoms with Crippen molar-refractivity contribution in [1.29, 1.82) is 0 Å². The molecule has 0 aliphatic carbocycles. The highest BCUT2D eigenvalue weighted by Crippen LogP contribution is 2.47. The number of rotatable bonds is 3. The average molecular weight is 377 g/mol. The number of nitrogens with zero attached hydrogens (tertiary/aromatic N) is 1. The lowest BCUT2D eigenvalue weighted by atomic mass is 9.88. The van der Waals surface area contributed by atoms with E-state index in [1.807, 2.05) is 24.3 Å². The van der Waals surface area contributed by atoms with E-state index in [4.69, 9.17) is 20.9 Å². The molecular formula is C16H17BrN4O2. The number of methoxy groups -OCH3 is 2. The first-order valence-corrected chi connectivity index (χ1v) is 7.70. The molecule has 0 saturated heterocycles. The predicted octanol–water partition coefficient (Wildman–Crippen LogP) is 2.66. The number of nitrogens with one attached hydrogen (secondary N) is 1. The van der Waals surface area contributed by atoms with E-state index in [0.29, 0.717) is 22.7 Å². The predicted molar refractivity (Wildman–Crippen MR) is 95.2 cm³/mol. The SMILES string of the molecule is COc1cc2c(c(N)c1OC)C(N)(c1cccc(Br)c1)N=CN2. The molecule has 1 aliphatic heterocycles. The second-order valence-corrected chi connectivity index (χ2v) is 6.04. The van der Waals surface area contributed by atoms with Crippen LogP contribution in [0.25, 0.3) is 0 Å². The minimum atomic E-state index is -1.12. The van der Waals surface area contributed by atoms with Crippen molar-refractivity contribution in [2.45, 2.75) is 5.66 Å². The minimum absolute atomic E-state index is 0.397. The van der Waals surface area contributed by atoms with Crippen LogP contribution in [0.4, 0.5) is 11.4 Å². The maximum Gasteiger partial charge on any atom is 0.184 e. The standard InChI is InChI=1S/C16H17BrN4O2/c1-22-12-7-11-13(14(18)15(12)23-2)16(19,21-8-20-11)9-4-3-5-10(17)6-9/h3-8H,18-19H2,1-2H3,(H,20,21). The molecule has 0 bridgehead atoms. The average Bonchev–Trinajstić information content (AvgIpc) is 2.54. The Kier molecular flexibility index (Phi) is 3.91. The van der Waals surface area contributed by atoms with Crippen molar-refractivity contribution in [2.75, 3.05) is 25.3 Å². The van der Waals surface area contributed by atoms with Gasteiger partial charge in [-0.05, 0) is 17.7 Å². The first kappa shape index (κ1) is 15.6. The summed E-state index contributed by atoms with van der Waals surface area (Å²) in [6.45, 7) is 0. The van der Waals surface area contributed by atoms with Gasteiger partial charge < -0.3 is 20.5 Å². The molecule has 2 aromatic rings. The second kappa shape index (κ2) is 5.75. The molecule has 0 amide bonds. The third-order valence-corrected chi connectivity index (χ3v) is 4.33. The Bertz CT molecular complexity index is 794.